The van der Waals surface area contributed by atoms with Crippen LogP contribution >= 0.6 is 0 Å². The van der Waals surface area contributed by atoms with Crippen molar-refractivity contribution in [3.05, 3.63) is 0 Å². The van der Waals surface area contributed by atoms with Gasteiger partial charge in [0.05, 0.1) is 0 Å². The molecule has 0 unspecified atom stereocenters. The summed E-state index contributed by atoms with van der Waals surface area (Å²) in [5.41, 5.74) is 0. The molecule has 0 radical (unpaired) electrons. The third kappa shape index (κ3) is 2.80. The first-order valence-corrected chi connectivity index (χ1v) is 4.58. The lowest BCUT2D eigenvalue weighted by Crippen LogP contribution is -2.14. The third-order valence-electron chi connectivity index (χ3n) is 2.66. The molecule has 1 rings (SSSR count). The fraction of sp³-hybridized carbons (Fsp3) is 1.00. The summed E-state index contributed by atoms with van der Waals surface area (Å²) in [6.45, 7) is 0.292. The zero-order valence-corrected chi connectivity index (χ0v) is 7.00. The smallest absolute Gasteiger partial charge is 0.0481 e. The van der Waals surface area contributed by atoms with Gasteiger partial charge in [-0.3, -0.25) is 0 Å². The minimum absolute atomic E-state index is 0.137. The van der Waals surface area contributed by atoms with Crippen LogP contribution < -0.4 is 0 Å². The Morgan fingerprint density at radius 2 is 1.64 bits per heavy atom. The van der Waals surface area contributed by atoms with E-state index in [9.17, 15) is 0 Å². The highest BCUT2D eigenvalue weighted by molar-refractivity contribution is 4.70. The van der Waals surface area contributed by atoms with Gasteiger partial charge in [0, 0.05) is 19.1 Å². The quantitative estimate of drug-likeness (QED) is 0.644. The first-order valence-electron chi connectivity index (χ1n) is 4.58. The Morgan fingerprint density at radius 3 is 2.09 bits per heavy atom. The van der Waals surface area contributed by atoms with E-state index in [1.165, 1.54) is 25.7 Å². The average molecular weight is 158 g/mol. The molecule has 1 aliphatic rings. The molecule has 1 aliphatic carbocycles. The van der Waals surface area contributed by atoms with E-state index in [4.69, 9.17) is 10.2 Å². The van der Waals surface area contributed by atoms with E-state index in [1.807, 2.05) is 0 Å². The van der Waals surface area contributed by atoms with Gasteiger partial charge in [-0.05, 0) is 12.3 Å². The van der Waals surface area contributed by atoms with Gasteiger partial charge in [0.2, 0.25) is 0 Å². The van der Waals surface area contributed by atoms with Crippen molar-refractivity contribution < 1.29 is 10.2 Å². The standard InChI is InChI=1S/C9H18O2/c10-6-9(7-11)5-8-3-1-2-4-8/h8-11H,1-7H2. The van der Waals surface area contributed by atoms with Gasteiger partial charge in [-0.1, -0.05) is 25.7 Å². The summed E-state index contributed by atoms with van der Waals surface area (Å²) < 4.78 is 0. The van der Waals surface area contributed by atoms with Crippen LogP contribution in [-0.4, -0.2) is 23.4 Å². The largest absolute Gasteiger partial charge is 0.396 e. The van der Waals surface area contributed by atoms with Crippen LogP contribution in [0.4, 0.5) is 0 Å². The van der Waals surface area contributed by atoms with Crippen LogP contribution in [0.3, 0.4) is 0 Å². The van der Waals surface area contributed by atoms with Crippen LogP contribution in [0, 0.1) is 11.8 Å². The average Bonchev–Trinajstić information content (AvgIpc) is 2.52. The van der Waals surface area contributed by atoms with E-state index in [0.717, 1.165) is 12.3 Å². The lowest BCUT2D eigenvalue weighted by atomic mass is 9.94. The fourth-order valence-electron chi connectivity index (χ4n) is 1.92. The van der Waals surface area contributed by atoms with Crippen LogP contribution in [0.25, 0.3) is 0 Å². The molecule has 0 aromatic carbocycles. The molecule has 0 aliphatic heterocycles. The Balaban J connectivity index is 2.16. The molecule has 0 aromatic heterocycles. The molecule has 0 saturated heterocycles. The van der Waals surface area contributed by atoms with Gasteiger partial charge < -0.3 is 10.2 Å². The van der Waals surface area contributed by atoms with Crippen molar-refractivity contribution in [2.45, 2.75) is 32.1 Å². The van der Waals surface area contributed by atoms with Crippen molar-refractivity contribution in [1.82, 2.24) is 0 Å². The van der Waals surface area contributed by atoms with Crippen LogP contribution in [0.5, 0.6) is 0 Å². The van der Waals surface area contributed by atoms with Gasteiger partial charge in [-0.15, -0.1) is 0 Å². The van der Waals surface area contributed by atoms with Gasteiger partial charge in [-0.25, -0.2) is 0 Å². The van der Waals surface area contributed by atoms with Gasteiger partial charge in [0.15, 0.2) is 0 Å². The zero-order chi connectivity index (χ0) is 8.10. The van der Waals surface area contributed by atoms with Gasteiger partial charge in [0.25, 0.3) is 0 Å². The lowest BCUT2D eigenvalue weighted by molar-refractivity contribution is 0.130. The van der Waals surface area contributed by atoms with Gasteiger partial charge >= 0.3 is 0 Å². The summed E-state index contributed by atoms with van der Waals surface area (Å²) in [5, 5.41) is 17.7. The molecule has 0 heterocycles. The van der Waals surface area contributed by atoms with Gasteiger partial charge in [-0.2, -0.15) is 0 Å². The zero-order valence-electron chi connectivity index (χ0n) is 7.00. The molecule has 0 bridgehead atoms. The molecular formula is C9H18O2. The highest BCUT2D eigenvalue weighted by Crippen LogP contribution is 2.29. The van der Waals surface area contributed by atoms with Crippen molar-refractivity contribution in [1.29, 1.82) is 0 Å². The second kappa shape index (κ2) is 4.73. The predicted molar refractivity (Wildman–Crippen MR) is 44.2 cm³/mol. The van der Waals surface area contributed by atoms with E-state index in [-0.39, 0.29) is 19.1 Å². The highest BCUT2D eigenvalue weighted by Gasteiger charge is 2.18. The van der Waals surface area contributed by atoms with E-state index in [1.54, 1.807) is 0 Å². The predicted octanol–water partition coefficient (Wildman–Crippen LogP) is 1.17. The monoisotopic (exact) mass is 158 g/mol. The highest BCUT2D eigenvalue weighted by atomic mass is 16.3. The maximum Gasteiger partial charge on any atom is 0.0481 e. The number of hydrogen-bond acceptors (Lipinski definition) is 2. The first-order chi connectivity index (χ1) is 5.36. The summed E-state index contributed by atoms with van der Waals surface area (Å²) in [5.74, 6) is 0.914. The SMILES string of the molecule is OCC(CO)CC1CCCC1. The molecule has 11 heavy (non-hydrogen) atoms. The molecule has 0 aromatic rings. The van der Waals surface area contributed by atoms with Crippen molar-refractivity contribution in [2.24, 2.45) is 11.8 Å². The summed E-state index contributed by atoms with van der Waals surface area (Å²) in [6, 6.07) is 0. The fourth-order valence-corrected chi connectivity index (χ4v) is 1.92. The summed E-state index contributed by atoms with van der Waals surface area (Å²) in [6.07, 6.45) is 6.31. The van der Waals surface area contributed by atoms with E-state index in [2.05, 4.69) is 0 Å². The van der Waals surface area contributed by atoms with E-state index in [0.29, 0.717) is 0 Å². The molecule has 0 amide bonds. The van der Waals surface area contributed by atoms with Crippen LogP contribution in [-0.2, 0) is 0 Å². The Labute approximate surface area is 68.2 Å². The number of hydrogen-bond donors (Lipinski definition) is 2. The first kappa shape index (κ1) is 9.01. The van der Waals surface area contributed by atoms with Crippen molar-refractivity contribution in [3.63, 3.8) is 0 Å². The molecule has 2 nitrogen and oxygen atoms in total. The molecular weight excluding hydrogens is 140 g/mol. The Morgan fingerprint density at radius 1 is 1.09 bits per heavy atom. The number of rotatable bonds is 4. The third-order valence-corrected chi connectivity index (χ3v) is 2.66. The maximum atomic E-state index is 8.83. The Bertz CT molecular complexity index is 93.7. The van der Waals surface area contributed by atoms with Gasteiger partial charge in [0.1, 0.15) is 0 Å². The Kier molecular flexibility index (Phi) is 3.87. The normalized spacial score (nSPS) is 19.9. The molecule has 1 fully saturated rings. The van der Waals surface area contributed by atoms with Crippen molar-refractivity contribution >= 4 is 0 Å². The minimum Gasteiger partial charge on any atom is -0.396 e. The maximum absolute atomic E-state index is 8.83. The second-order valence-electron chi connectivity index (χ2n) is 3.62. The molecule has 0 spiro atoms. The van der Waals surface area contributed by atoms with Crippen molar-refractivity contribution in [3.8, 4) is 0 Å². The molecule has 66 valence electrons. The molecule has 2 N–H and O–H groups in total. The van der Waals surface area contributed by atoms with Crippen LogP contribution in [0.1, 0.15) is 32.1 Å². The van der Waals surface area contributed by atoms with E-state index < -0.39 is 0 Å². The van der Waals surface area contributed by atoms with Crippen molar-refractivity contribution in [2.75, 3.05) is 13.2 Å². The Hall–Kier alpha value is -0.0800. The number of aliphatic hydroxyl groups is 2. The second-order valence-corrected chi connectivity index (χ2v) is 3.62. The molecule has 0 atom stereocenters. The topological polar surface area (TPSA) is 40.5 Å². The number of aliphatic hydroxyl groups excluding tert-OH is 2. The summed E-state index contributed by atoms with van der Waals surface area (Å²) in [4.78, 5) is 0. The molecule has 2 heteroatoms. The van der Waals surface area contributed by atoms with Crippen LogP contribution in [0.2, 0.25) is 0 Å². The van der Waals surface area contributed by atoms with Crippen LogP contribution in [0.15, 0.2) is 0 Å². The summed E-state index contributed by atoms with van der Waals surface area (Å²) >= 11 is 0. The lowest BCUT2D eigenvalue weighted by Gasteiger charge is -2.15. The minimum atomic E-state index is 0.137. The summed E-state index contributed by atoms with van der Waals surface area (Å²) in [7, 11) is 0. The van der Waals surface area contributed by atoms with E-state index >= 15 is 0 Å². The molecule has 1 saturated carbocycles.